The minimum Gasteiger partial charge on any atom is -0.335 e. The van der Waals surface area contributed by atoms with Gasteiger partial charge in [-0.3, -0.25) is 0 Å². The van der Waals surface area contributed by atoms with E-state index in [9.17, 15) is 0 Å². The van der Waals surface area contributed by atoms with Crippen molar-refractivity contribution in [3.05, 3.63) is 18.2 Å². The molecular formula is C11H21N3. The van der Waals surface area contributed by atoms with Gasteiger partial charge < -0.3 is 9.88 Å². The predicted molar refractivity (Wildman–Crippen MR) is 59.4 cm³/mol. The van der Waals surface area contributed by atoms with E-state index in [4.69, 9.17) is 0 Å². The van der Waals surface area contributed by atoms with Gasteiger partial charge >= 0.3 is 0 Å². The average Bonchev–Trinajstić information content (AvgIpc) is 2.64. The van der Waals surface area contributed by atoms with Crippen molar-refractivity contribution in [2.45, 2.75) is 33.2 Å². The molecule has 3 nitrogen and oxygen atoms in total. The Kier molecular flexibility index (Phi) is 4.14. The highest BCUT2D eigenvalue weighted by atomic mass is 15.1. The average molecular weight is 195 g/mol. The molecule has 80 valence electrons. The van der Waals surface area contributed by atoms with Crippen LogP contribution in [0.15, 0.2) is 12.4 Å². The van der Waals surface area contributed by atoms with Gasteiger partial charge in [-0.1, -0.05) is 13.8 Å². The molecule has 0 saturated heterocycles. The Morgan fingerprint density at radius 3 is 2.79 bits per heavy atom. The smallest absolute Gasteiger partial charge is 0.111 e. The SMILES string of the molecule is CCn1ccnc1C(C)C(C)CNC. The number of nitrogens with one attached hydrogen (secondary N) is 1. The van der Waals surface area contributed by atoms with Crippen LogP contribution in [0, 0.1) is 5.92 Å². The number of aromatic nitrogens is 2. The highest BCUT2D eigenvalue weighted by Gasteiger charge is 2.17. The number of imidazole rings is 1. The molecule has 0 saturated carbocycles. The normalized spacial score (nSPS) is 15.4. The van der Waals surface area contributed by atoms with Crippen molar-refractivity contribution in [2.75, 3.05) is 13.6 Å². The topological polar surface area (TPSA) is 29.9 Å². The van der Waals surface area contributed by atoms with Gasteiger partial charge in [0.1, 0.15) is 5.82 Å². The van der Waals surface area contributed by atoms with Crippen LogP contribution >= 0.6 is 0 Å². The minimum atomic E-state index is 0.511. The fraction of sp³-hybridized carbons (Fsp3) is 0.727. The van der Waals surface area contributed by atoms with E-state index in [0.717, 1.165) is 13.1 Å². The summed E-state index contributed by atoms with van der Waals surface area (Å²) < 4.78 is 2.22. The van der Waals surface area contributed by atoms with Crippen molar-refractivity contribution in [3.8, 4) is 0 Å². The van der Waals surface area contributed by atoms with Crippen molar-refractivity contribution in [3.63, 3.8) is 0 Å². The lowest BCUT2D eigenvalue weighted by Gasteiger charge is -2.19. The maximum Gasteiger partial charge on any atom is 0.111 e. The molecule has 1 aromatic heterocycles. The molecule has 1 rings (SSSR count). The minimum absolute atomic E-state index is 0.511. The first kappa shape index (κ1) is 11.2. The Balaban J connectivity index is 2.72. The zero-order chi connectivity index (χ0) is 10.6. The third kappa shape index (κ3) is 2.35. The van der Waals surface area contributed by atoms with Gasteiger partial charge in [-0.15, -0.1) is 0 Å². The van der Waals surface area contributed by atoms with Gasteiger partial charge in [0.15, 0.2) is 0 Å². The van der Waals surface area contributed by atoms with Gasteiger partial charge in [0.25, 0.3) is 0 Å². The maximum atomic E-state index is 4.43. The summed E-state index contributed by atoms with van der Waals surface area (Å²) in [5, 5.41) is 3.21. The first-order valence-electron chi connectivity index (χ1n) is 5.36. The van der Waals surface area contributed by atoms with Gasteiger partial charge in [-0.05, 0) is 26.4 Å². The summed E-state index contributed by atoms with van der Waals surface area (Å²) in [6.07, 6.45) is 3.94. The molecular weight excluding hydrogens is 174 g/mol. The number of hydrogen-bond acceptors (Lipinski definition) is 2. The van der Waals surface area contributed by atoms with Crippen molar-refractivity contribution < 1.29 is 0 Å². The number of nitrogens with zero attached hydrogens (tertiary/aromatic N) is 2. The van der Waals surface area contributed by atoms with Crippen LogP contribution in [0.1, 0.15) is 32.5 Å². The molecule has 0 amide bonds. The van der Waals surface area contributed by atoms with E-state index in [-0.39, 0.29) is 0 Å². The Morgan fingerprint density at radius 2 is 2.21 bits per heavy atom. The van der Waals surface area contributed by atoms with Crippen LogP contribution in [0.2, 0.25) is 0 Å². The lowest BCUT2D eigenvalue weighted by molar-refractivity contribution is 0.436. The molecule has 0 spiro atoms. The zero-order valence-corrected chi connectivity index (χ0v) is 9.62. The molecule has 0 aliphatic rings. The summed E-state index contributed by atoms with van der Waals surface area (Å²) >= 11 is 0. The second kappa shape index (κ2) is 5.15. The first-order chi connectivity index (χ1) is 6.70. The quantitative estimate of drug-likeness (QED) is 0.777. The fourth-order valence-electron chi connectivity index (χ4n) is 1.74. The van der Waals surface area contributed by atoms with Crippen molar-refractivity contribution in [1.82, 2.24) is 14.9 Å². The van der Waals surface area contributed by atoms with E-state index in [1.807, 2.05) is 13.2 Å². The molecule has 1 aromatic rings. The number of aryl methyl sites for hydroxylation is 1. The zero-order valence-electron chi connectivity index (χ0n) is 9.62. The van der Waals surface area contributed by atoms with Crippen LogP contribution in [0.25, 0.3) is 0 Å². The monoisotopic (exact) mass is 195 g/mol. The summed E-state index contributed by atoms with van der Waals surface area (Å²) in [6, 6.07) is 0. The van der Waals surface area contributed by atoms with Crippen LogP contribution in [0.4, 0.5) is 0 Å². The second-order valence-electron chi connectivity index (χ2n) is 3.90. The fourth-order valence-corrected chi connectivity index (χ4v) is 1.74. The summed E-state index contributed by atoms with van der Waals surface area (Å²) in [6.45, 7) is 8.71. The van der Waals surface area contributed by atoms with E-state index in [2.05, 4.69) is 41.8 Å². The second-order valence-corrected chi connectivity index (χ2v) is 3.90. The molecule has 0 bridgehead atoms. The molecule has 0 aliphatic carbocycles. The highest BCUT2D eigenvalue weighted by Crippen LogP contribution is 2.21. The van der Waals surface area contributed by atoms with Gasteiger partial charge in [0.05, 0.1) is 0 Å². The van der Waals surface area contributed by atoms with Crippen LogP contribution in [0.5, 0.6) is 0 Å². The molecule has 14 heavy (non-hydrogen) atoms. The van der Waals surface area contributed by atoms with Crippen molar-refractivity contribution in [2.24, 2.45) is 5.92 Å². The Morgan fingerprint density at radius 1 is 1.50 bits per heavy atom. The summed E-state index contributed by atoms with van der Waals surface area (Å²) in [7, 11) is 2.00. The third-order valence-corrected chi connectivity index (χ3v) is 2.88. The van der Waals surface area contributed by atoms with Gasteiger partial charge in [-0.25, -0.2) is 4.98 Å². The van der Waals surface area contributed by atoms with Gasteiger partial charge in [0.2, 0.25) is 0 Å². The molecule has 2 atom stereocenters. The van der Waals surface area contributed by atoms with E-state index in [1.165, 1.54) is 5.82 Å². The predicted octanol–water partition coefficient (Wildman–Crippen LogP) is 1.86. The van der Waals surface area contributed by atoms with Gasteiger partial charge in [-0.2, -0.15) is 0 Å². The molecule has 1 heterocycles. The van der Waals surface area contributed by atoms with Crippen LogP contribution < -0.4 is 5.32 Å². The largest absolute Gasteiger partial charge is 0.335 e. The summed E-state index contributed by atoms with van der Waals surface area (Å²) in [5.41, 5.74) is 0. The maximum absolute atomic E-state index is 4.43. The lowest BCUT2D eigenvalue weighted by atomic mass is 9.95. The van der Waals surface area contributed by atoms with E-state index in [1.54, 1.807) is 0 Å². The molecule has 0 radical (unpaired) electrons. The first-order valence-corrected chi connectivity index (χ1v) is 5.36. The third-order valence-electron chi connectivity index (χ3n) is 2.88. The van der Waals surface area contributed by atoms with Crippen LogP contribution in [0.3, 0.4) is 0 Å². The molecule has 2 unspecified atom stereocenters. The van der Waals surface area contributed by atoms with Crippen LogP contribution in [-0.2, 0) is 6.54 Å². The molecule has 0 aliphatic heterocycles. The van der Waals surface area contributed by atoms with E-state index in [0.29, 0.717) is 11.8 Å². The number of hydrogen-bond donors (Lipinski definition) is 1. The molecule has 1 N–H and O–H groups in total. The standard InChI is InChI=1S/C11H21N3/c1-5-14-7-6-13-11(14)10(3)9(2)8-12-4/h6-7,9-10,12H,5,8H2,1-4H3. The Labute approximate surface area is 86.5 Å². The number of rotatable bonds is 5. The van der Waals surface area contributed by atoms with Crippen molar-refractivity contribution >= 4 is 0 Å². The van der Waals surface area contributed by atoms with E-state index >= 15 is 0 Å². The Hall–Kier alpha value is -0.830. The summed E-state index contributed by atoms with van der Waals surface area (Å²) in [4.78, 5) is 4.43. The highest BCUT2D eigenvalue weighted by molar-refractivity contribution is 5.00. The van der Waals surface area contributed by atoms with Crippen LogP contribution in [-0.4, -0.2) is 23.1 Å². The molecule has 0 fully saturated rings. The van der Waals surface area contributed by atoms with Gasteiger partial charge in [0, 0.05) is 24.9 Å². The lowest BCUT2D eigenvalue weighted by Crippen LogP contribution is -2.22. The summed E-state index contributed by atoms with van der Waals surface area (Å²) in [5.74, 6) is 2.33. The Bertz CT molecular complexity index is 267. The molecule has 3 heteroatoms. The van der Waals surface area contributed by atoms with Crippen molar-refractivity contribution in [1.29, 1.82) is 0 Å². The van der Waals surface area contributed by atoms with E-state index < -0.39 is 0 Å². The molecule has 0 aromatic carbocycles.